The monoisotopic (exact) mass is 294 g/mol. The molecule has 0 nitrogen and oxygen atoms in total. The van der Waals surface area contributed by atoms with Gasteiger partial charge in [0.15, 0.2) is 0 Å². The Bertz CT molecular complexity index is 406. The zero-order valence-electron chi connectivity index (χ0n) is 11.4. The van der Waals surface area contributed by atoms with Gasteiger partial charge in [0, 0.05) is 4.83 Å². The lowest BCUT2D eigenvalue weighted by molar-refractivity contribution is 0.503. The molecular formula is C16H23Br. The van der Waals surface area contributed by atoms with Gasteiger partial charge in [0.2, 0.25) is 0 Å². The third-order valence-corrected chi connectivity index (χ3v) is 5.42. The standard InChI is InChI=1S/C16H23Br/c1-5-16(3,4)12-7-8-13-11(2)6-9-15(17)14(13)10-12/h7-8,10-11,15H,5-6,9H2,1-4H3. The van der Waals surface area contributed by atoms with Crippen LogP contribution in [0.5, 0.6) is 0 Å². The molecule has 94 valence electrons. The van der Waals surface area contributed by atoms with Gasteiger partial charge in [-0.15, -0.1) is 0 Å². The molecule has 1 heteroatoms. The van der Waals surface area contributed by atoms with Gasteiger partial charge in [-0.25, -0.2) is 0 Å². The van der Waals surface area contributed by atoms with E-state index in [9.17, 15) is 0 Å². The van der Waals surface area contributed by atoms with Crippen LogP contribution in [0.25, 0.3) is 0 Å². The molecule has 0 saturated heterocycles. The fraction of sp³-hybridized carbons (Fsp3) is 0.625. The number of hydrogen-bond acceptors (Lipinski definition) is 0. The van der Waals surface area contributed by atoms with Crippen molar-refractivity contribution in [3.8, 4) is 0 Å². The molecule has 2 unspecified atom stereocenters. The molecule has 1 aromatic carbocycles. The van der Waals surface area contributed by atoms with Crippen LogP contribution in [0.3, 0.4) is 0 Å². The molecule has 0 heterocycles. The van der Waals surface area contributed by atoms with Crippen LogP contribution in [0, 0.1) is 0 Å². The van der Waals surface area contributed by atoms with E-state index in [2.05, 4.69) is 61.8 Å². The Morgan fingerprint density at radius 3 is 2.59 bits per heavy atom. The van der Waals surface area contributed by atoms with Crippen LogP contribution in [-0.2, 0) is 5.41 Å². The SMILES string of the molecule is CCC(C)(C)c1ccc2c(c1)C(Br)CCC2C. The second-order valence-electron chi connectivity index (χ2n) is 6.03. The van der Waals surface area contributed by atoms with Gasteiger partial charge >= 0.3 is 0 Å². The van der Waals surface area contributed by atoms with Gasteiger partial charge in [0.25, 0.3) is 0 Å². The Morgan fingerprint density at radius 1 is 1.24 bits per heavy atom. The van der Waals surface area contributed by atoms with Crippen LogP contribution in [0.2, 0.25) is 0 Å². The molecule has 2 atom stereocenters. The molecule has 0 fully saturated rings. The summed E-state index contributed by atoms with van der Waals surface area (Å²) >= 11 is 3.84. The lowest BCUT2D eigenvalue weighted by atomic mass is 9.77. The first-order valence-corrected chi connectivity index (χ1v) is 7.65. The van der Waals surface area contributed by atoms with E-state index in [0.717, 1.165) is 5.92 Å². The molecule has 1 aliphatic rings. The molecule has 1 aliphatic carbocycles. The third kappa shape index (κ3) is 2.45. The number of alkyl halides is 1. The highest BCUT2D eigenvalue weighted by Gasteiger charge is 2.26. The minimum Gasteiger partial charge on any atom is -0.0839 e. The topological polar surface area (TPSA) is 0 Å². The number of fused-ring (bicyclic) bond motifs is 1. The quantitative estimate of drug-likeness (QED) is 0.613. The Kier molecular flexibility index (Phi) is 3.68. The minimum absolute atomic E-state index is 0.294. The largest absolute Gasteiger partial charge is 0.0839 e. The van der Waals surface area contributed by atoms with Crippen LogP contribution >= 0.6 is 15.9 Å². The van der Waals surface area contributed by atoms with E-state index in [-0.39, 0.29) is 0 Å². The van der Waals surface area contributed by atoms with Gasteiger partial charge in [-0.05, 0) is 47.3 Å². The molecule has 0 aromatic heterocycles. The zero-order valence-corrected chi connectivity index (χ0v) is 13.0. The van der Waals surface area contributed by atoms with Crippen LogP contribution in [-0.4, -0.2) is 0 Å². The third-order valence-electron chi connectivity index (χ3n) is 4.47. The van der Waals surface area contributed by atoms with Crippen LogP contribution in [0.1, 0.15) is 74.4 Å². The fourth-order valence-electron chi connectivity index (χ4n) is 2.63. The van der Waals surface area contributed by atoms with Gasteiger partial charge in [-0.3, -0.25) is 0 Å². The summed E-state index contributed by atoms with van der Waals surface area (Å²) in [5.74, 6) is 0.720. The Labute approximate surface area is 114 Å². The summed E-state index contributed by atoms with van der Waals surface area (Å²) in [6, 6.07) is 7.14. The van der Waals surface area contributed by atoms with E-state index in [0.29, 0.717) is 10.2 Å². The summed E-state index contributed by atoms with van der Waals surface area (Å²) in [7, 11) is 0. The van der Waals surface area contributed by atoms with E-state index in [1.165, 1.54) is 30.4 Å². The van der Waals surface area contributed by atoms with Crippen LogP contribution in [0.15, 0.2) is 18.2 Å². The summed E-state index contributed by atoms with van der Waals surface area (Å²) < 4.78 is 0. The average molecular weight is 295 g/mol. The first-order chi connectivity index (χ1) is 7.95. The van der Waals surface area contributed by atoms with E-state index in [1.807, 2.05) is 0 Å². The molecule has 17 heavy (non-hydrogen) atoms. The predicted octanol–water partition coefficient (Wildman–Crippen LogP) is 5.71. The highest BCUT2D eigenvalue weighted by Crippen LogP contribution is 2.43. The van der Waals surface area contributed by atoms with Crippen molar-refractivity contribution in [2.45, 2.75) is 63.1 Å². The van der Waals surface area contributed by atoms with Gasteiger partial charge < -0.3 is 0 Å². The number of halogens is 1. The smallest absolute Gasteiger partial charge is 0.0398 e. The lowest BCUT2D eigenvalue weighted by Crippen LogP contribution is -2.17. The van der Waals surface area contributed by atoms with Gasteiger partial charge in [-0.1, -0.05) is 61.8 Å². The van der Waals surface area contributed by atoms with Gasteiger partial charge in [0.05, 0.1) is 0 Å². The highest BCUT2D eigenvalue weighted by atomic mass is 79.9. The molecule has 0 saturated carbocycles. The molecule has 0 spiro atoms. The van der Waals surface area contributed by atoms with Gasteiger partial charge in [0.1, 0.15) is 0 Å². The van der Waals surface area contributed by atoms with Crippen molar-refractivity contribution in [1.29, 1.82) is 0 Å². The van der Waals surface area contributed by atoms with Gasteiger partial charge in [-0.2, -0.15) is 0 Å². The van der Waals surface area contributed by atoms with Crippen molar-refractivity contribution < 1.29 is 0 Å². The first kappa shape index (κ1) is 13.1. The predicted molar refractivity (Wildman–Crippen MR) is 79.1 cm³/mol. The van der Waals surface area contributed by atoms with Crippen LogP contribution in [0.4, 0.5) is 0 Å². The van der Waals surface area contributed by atoms with Crippen LogP contribution < -0.4 is 0 Å². The maximum absolute atomic E-state index is 3.84. The average Bonchev–Trinajstić information content (AvgIpc) is 2.33. The molecule has 0 radical (unpaired) electrons. The van der Waals surface area contributed by atoms with Crippen molar-refractivity contribution in [2.75, 3.05) is 0 Å². The second kappa shape index (κ2) is 4.76. The van der Waals surface area contributed by atoms with Crippen molar-refractivity contribution in [3.05, 3.63) is 34.9 Å². The zero-order chi connectivity index (χ0) is 12.6. The maximum Gasteiger partial charge on any atom is 0.0398 e. The summed E-state index contributed by atoms with van der Waals surface area (Å²) in [6.07, 6.45) is 3.76. The summed E-state index contributed by atoms with van der Waals surface area (Å²) in [4.78, 5) is 0.557. The number of hydrogen-bond donors (Lipinski definition) is 0. The van der Waals surface area contributed by atoms with E-state index < -0.39 is 0 Å². The van der Waals surface area contributed by atoms with E-state index in [4.69, 9.17) is 0 Å². The first-order valence-electron chi connectivity index (χ1n) is 6.74. The fourth-order valence-corrected chi connectivity index (χ4v) is 3.29. The van der Waals surface area contributed by atoms with E-state index in [1.54, 1.807) is 5.56 Å². The highest BCUT2D eigenvalue weighted by molar-refractivity contribution is 9.09. The molecule has 0 bridgehead atoms. The van der Waals surface area contributed by atoms with Crippen molar-refractivity contribution in [2.24, 2.45) is 0 Å². The molecule has 2 rings (SSSR count). The summed E-state index contributed by atoms with van der Waals surface area (Å²) in [5, 5.41) is 0. The number of benzene rings is 1. The molecule has 0 aliphatic heterocycles. The maximum atomic E-state index is 3.84. The molecular weight excluding hydrogens is 272 g/mol. The van der Waals surface area contributed by atoms with E-state index >= 15 is 0 Å². The Hall–Kier alpha value is -0.300. The summed E-state index contributed by atoms with van der Waals surface area (Å²) in [6.45, 7) is 9.30. The Morgan fingerprint density at radius 2 is 1.94 bits per heavy atom. The summed E-state index contributed by atoms with van der Waals surface area (Å²) in [5.41, 5.74) is 4.86. The second-order valence-corrected chi connectivity index (χ2v) is 7.13. The minimum atomic E-state index is 0.294. The molecule has 0 amide bonds. The molecule has 0 N–H and O–H groups in total. The van der Waals surface area contributed by atoms with Crippen molar-refractivity contribution in [3.63, 3.8) is 0 Å². The molecule has 1 aromatic rings. The Balaban J connectivity index is 2.46. The normalized spacial score (nSPS) is 24.5. The van der Waals surface area contributed by atoms with Crippen molar-refractivity contribution in [1.82, 2.24) is 0 Å². The van der Waals surface area contributed by atoms with Crippen molar-refractivity contribution >= 4 is 15.9 Å². The lowest BCUT2D eigenvalue weighted by Gasteiger charge is -2.30. The number of rotatable bonds is 2.